The van der Waals surface area contributed by atoms with Crippen LogP contribution in [0.5, 0.6) is 5.88 Å². The highest BCUT2D eigenvalue weighted by atomic mass is 35.5. The molecule has 5 nitrogen and oxygen atoms in total. The first-order chi connectivity index (χ1) is 13.7. The molecule has 29 heavy (non-hydrogen) atoms. The standard InChI is InChI=1S/C21H26ClFN4OS/c1-6-13(5)17(24)9-8-14(7-2)18-11-29-21(25-18)27-19-16(23)10-15(22)20(26-19)28-12(3)4/h7-13H,2,6,24H2,1,3-5H3,(H,25,26,27)/b14-8+,17-9+. The molecule has 0 spiro atoms. The fourth-order valence-corrected chi connectivity index (χ4v) is 3.15. The molecule has 2 heterocycles. The normalized spacial score (nSPS) is 13.5. The van der Waals surface area contributed by atoms with Gasteiger partial charge in [-0.1, -0.05) is 44.2 Å². The fraction of sp³-hybridized carbons (Fsp3) is 0.333. The molecule has 0 aliphatic heterocycles. The summed E-state index contributed by atoms with van der Waals surface area (Å²) in [7, 11) is 0. The SMILES string of the molecule is C=C/C(=C\C=C(\N)C(C)CC)c1csc(Nc2nc(OC(C)C)c(Cl)cc2F)n1. The van der Waals surface area contributed by atoms with E-state index in [1.54, 1.807) is 6.08 Å². The number of thiazole rings is 1. The zero-order chi connectivity index (χ0) is 21.6. The third-order valence-corrected chi connectivity index (χ3v) is 5.16. The van der Waals surface area contributed by atoms with Gasteiger partial charge in [-0.2, -0.15) is 4.98 Å². The van der Waals surface area contributed by atoms with Crippen molar-refractivity contribution in [1.29, 1.82) is 0 Å². The largest absolute Gasteiger partial charge is 0.474 e. The van der Waals surface area contributed by atoms with E-state index in [0.29, 0.717) is 16.7 Å². The van der Waals surface area contributed by atoms with E-state index in [1.807, 2.05) is 31.4 Å². The van der Waals surface area contributed by atoms with E-state index in [0.717, 1.165) is 17.7 Å². The number of allylic oxidation sites excluding steroid dienone is 5. The lowest BCUT2D eigenvalue weighted by Crippen LogP contribution is -2.09. The Bertz CT molecular complexity index is 923. The van der Waals surface area contributed by atoms with E-state index in [9.17, 15) is 4.39 Å². The molecule has 1 atom stereocenters. The molecule has 0 bridgehead atoms. The number of aromatic nitrogens is 2. The van der Waals surface area contributed by atoms with Gasteiger partial charge in [0.25, 0.3) is 0 Å². The summed E-state index contributed by atoms with van der Waals surface area (Å²) in [5.74, 6) is -0.131. The molecule has 2 aromatic rings. The quantitative estimate of drug-likeness (QED) is 0.450. The Morgan fingerprint density at radius 3 is 2.72 bits per heavy atom. The van der Waals surface area contributed by atoms with E-state index in [-0.39, 0.29) is 22.8 Å². The molecule has 0 amide bonds. The molecule has 0 aliphatic rings. The van der Waals surface area contributed by atoms with Crippen LogP contribution in [-0.2, 0) is 0 Å². The van der Waals surface area contributed by atoms with E-state index in [4.69, 9.17) is 22.1 Å². The number of halogens is 2. The molecule has 0 fully saturated rings. The summed E-state index contributed by atoms with van der Waals surface area (Å²) in [6, 6.07) is 1.17. The second-order valence-electron chi connectivity index (χ2n) is 6.74. The molecule has 0 radical (unpaired) electrons. The van der Waals surface area contributed by atoms with Gasteiger partial charge < -0.3 is 15.8 Å². The first-order valence-corrected chi connectivity index (χ1v) is 10.6. The summed E-state index contributed by atoms with van der Waals surface area (Å²) >= 11 is 7.33. The van der Waals surface area contributed by atoms with Crippen LogP contribution in [-0.4, -0.2) is 16.1 Å². The van der Waals surface area contributed by atoms with E-state index in [1.165, 1.54) is 17.4 Å². The van der Waals surface area contributed by atoms with Crippen molar-refractivity contribution in [2.45, 2.75) is 40.2 Å². The topological polar surface area (TPSA) is 73.1 Å². The summed E-state index contributed by atoms with van der Waals surface area (Å²) in [5.41, 5.74) is 8.39. The Hall–Kier alpha value is -2.38. The fourth-order valence-electron chi connectivity index (χ4n) is 2.25. The summed E-state index contributed by atoms with van der Waals surface area (Å²) in [6.45, 7) is 11.7. The Labute approximate surface area is 180 Å². The van der Waals surface area contributed by atoms with Crippen molar-refractivity contribution in [3.8, 4) is 5.88 Å². The lowest BCUT2D eigenvalue weighted by atomic mass is 10.0. The molecular formula is C21H26ClFN4OS. The molecule has 2 aromatic heterocycles. The molecule has 0 saturated heterocycles. The Kier molecular flexibility index (Phi) is 8.22. The third kappa shape index (κ3) is 6.30. The first kappa shape index (κ1) is 22.9. The highest BCUT2D eigenvalue weighted by Gasteiger charge is 2.15. The van der Waals surface area contributed by atoms with Gasteiger partial charge in [-0.25, -0.2) is 9.37 Å². The van der Waals surface area contributed by atoms with Crippen LogP contribution in [0.4, 0.5) is 15.3 Å². The second kappa shape index (κ2) is 10.4. The summed E-state index contributed by atoms with van der Waals surface area (Å²) < 4.78 is 19.8. The molecule has 0 saturated carbocycles. The highest BCUT2D eigenvalue weighted by molar-refractivity contribution is 7.13. The van der Waals surface area contributed by atoms with Crippen molar-refractivity contribution in [3.05, 3.63) is 58.5 Å². The number of hydrogen-bond acceptors (Lipinski definition) is 6. The minimum atomic E-state index is -0.591. The van der Waals surface area contributed by atoms with E-state index < -0.39 is 5.82 Å². The summed E-state index contributed by atoms with van der Waals surface area (Å²) in [5, 5.41) is 5.33. The van der Waals surface area contributed by atoms with E-state index in [2.05, 4.69) is 35.7 Å². The number of nitrogens with two attached hydrogens (primary N) is 1. The van der Waals surface area contributed by atoms with Crippen molar-refractivity contribution in [3.63, 3.8) is 0 Å². The average Bonchev–Trinajstić information content (AvgIpc) is 3.13. The Morgan fingerprint density at radius 2 is 2.10 bits per heavy atom. The van der Waals surface area contributed by atoms with Gasteiger partial charge in [-0.15, -0.1) is 11.3 Å². The predicted octanol–water partition coefficient (Wildman–Crippen LogP) is 6.32. The molecule has 8 heteroatoms. The highest BCUT2D eigenvalue weighted by Crippen LogP contribution is 2.31. The first-order valence-electron chi connectivity index (χ1n) is 9.30. The molecular weight excluding hydrogens is 411 g/mol. The average molecular weight is 437 g/mol. The van der Waals surface area contributed by atoms with Gasteiger partial charge in [0.05, 0.1) is 11.8 Å². The van der Waals surface area contributed by atoms with Gasteiger partial charge in [0.15, 0.2) is 16.8 Å². The maximum atomic E-state index is 14.3. The van der Waals surface area contributed by atoms with Gasteiger partial charge in [0.2, 0.25) is 5.88 Å². The number of nitrogens with zero attached hydrogens (tertiary/aromatic N) is 2. The number of rotatable bonds is 9. The van der Waals surface area contributed by atoms with Crippen LogP contribution in [0, 0.1) is 11.7 Å². The van der Waals surface area contributed by atoms with Gasteiger partial charge in [-0.3, -0.25) is 0 Å². The van der Waals surface area contributed by atoms with Crippen molar-refractivity contribution >= 4 is 39.5 Å². The minimum Gasteiger partial charge on any atom is -0.474 e. The number of hydrogen-bond donors (Lipinski definition) is 2. The van der Waals surface area contributed by atoms with Gasteiger partial charge in [0, 0.05) is 22.7 Å². The van der Waals surface area contributed by atoms with Crippen molar-refractivity contribution in [2.24, 2.45) is 11.7 Å². The Balaban J connectivity index is 2.25. The van der Waals surface area contributed by atoms with Crippen molar-refractivity contribution in [1.82, 2.24) is 9.97 Å². The van der Waals surface area contributed by atoms with Gasteiger partial charge in [-0.05, 0) is 32.3 Å². The van der Waals surface area contributed by atoms with Crippen molar-refractivity contribution in [2.75, 3.05) is 5.32 Å². The summed E-state index contributed by atoms with van der Waals surface area (Å²) in [4.78, 5) is 8.63. The molecule has 0 aliphatic carbocycles. The van der Waals surface area contributed by atoms with E-state index >= 15 is 0 Å². The number of nitrogens with one attached hydrogen (secondary N) is 1. The number of pyridine rings is 1. The Morgan fingerprint density at radius 1 is 1.38 bits per heavy atom. The lowest BCUT2D eigenvalue weighted by Gasteiger charge is -2.12. The molecule has 1 unspecified atom stereocenters. The van der Waals surface area contributed by atoms with Crippen LogP contribution >= 0.6 is 22.9 Å². The third-order valence-electron chi connectivity index (χ3n) is 4.13. The minimum absolute atomic E-state index is 0.00371. The van der Waals surface area contributed by atoms with Crippen LogP contribution in [0.15, 0.2) is 42.0 Å². The van der Waals surface area contributed by atoms with Crippen LogP contribution in [0.1, 0.15) is 39.8 Å². The van der Waals surface area contributed by atoms with Crippen LogP contribution in [0.25, 0.3) is 5.57 Å². The van der Waals surface area contributed by atoms with Crippen LogP contribution in [0.3, 0.4) is 0 Å². The maximum Gasteiger partial charge on any atom is 0.235 e. The summed E-state index contributed by atoms with van der Waals surface area (Å²) in [6.07, 6.45) is 6.28. The molecule has 156 valence electrons. The lowest BCUT2D eigenvalue weighted by molar-refractivity contribution is 0.232. The van der Waals surface area contributed by atoms with Crippen LogP contribution in [0.2, 0.25) is 5.02 Å². The zero-order valence-corrected chi connectivity index (χ0v) is 18.6. The van der Waals surface area contributed by atoms with Crippen molar-refractivity contribution < 1.29 is 9.13 Å². The molecule has 2 rings (SSSR count). The monoisotopic (exact) mass is 436 g/mol. The van der Waals surface area contributed by atoms with Crippen LogP contribution < -0.4 is 15.8 Å². The number of anilines is 2. The van der Waals surface area contributed by atoms with Gasteiger partial charge >= 0.3 is 0 Å². The zero-order valence-electron chi connectivity index (χ0n) is 17.0. The number of ether oxygens (including phenoxy) is 1. The smallest absolute Gasteiger partial charge is 0.235 e. The molecule has 3 N–H and O–H groups in total. The van der Waals surface area contributed by atoms with Gasteiger partial charge in [0.1, 0.15) is 5.02 Å². The predicted molar refractivity (Wildman–Crippen MR) is 120 cm³/mol. The maximum absolute atomic E-state index is 14.3. The second-order valence-corrected chi connectivity index (χ2v) is 8.00. The molecule has 0 aromatic carbocycles.